The van der Waals surface area contributed by atoms with Gasteiger partial charge in [0.05, 0.1) is 17.3 Å². The average molecular weight is 292 g/mol. The van der Waals surface area contributed by atoms with E-state index < -0.39 is 0 Å². The Balaban J connectivity index is 2.04. The first kappa shape index (κ1) is 16.2. The van der Waals surface area contributed by atoms with Crippen molar-refractivity contribution in [3.8, 4) is 5.88 Å². The van der Waals surface area contributed by atoms with Gasteiger partial charge >= 0.3 is 0 Å². The van der Waals surface area contributed by atoms with E-state index in [0.29, 0.717) is 6.04 Å². The molecule has 0 aromatic carbocycles. The van der Waals surface area contributed by atoms with Crippen molar-refractivity contribution in [2.75, 3.05) is 0 Å². The molecule has 1 fully saturated rings. The molecule has 1 aromatic rings. The van der Waals surface area contributed by atoms with E-state index in [1.54, 1.807) is 6.20 Å². The summed E-state index contributed by atoms with van der Waals surface area (Å²) in [6.45, 7) is 13.4. The van der Waals surface area contributed by atoms with Crippen molar-refractivity contribution in [2.45, 2.75) is 77.9 Å². The van der Waals surface area contributed by atoms with Gasteiger partial charge in [-0.3, -0.25) is 0 Å². The molecule has 0 aliphatic carbocycles. The van der Waals surface area contributed by atoms with Gasteiger partial charge in [-0.1, -0.05) is 6.07 Å². The Morgan fingerprint density at radius 2 is 2.10 bits per heavy atom. The summed E-state index contributed by atoms with van der Waals surface area (Å²) in [6.07, 6.45) is 2.90. The first-order valence-corrected chi connectivity index (χ1v) is 7.74. The second kappa shape index (κ2) is 5.93. The van der Waals surface area contributed by atoms with Crippen molar-refractivity contribution < 1.29 is 9.47 Å². The Morgan fingerprint density at radius 3 is 2.67 bits per heavy atom. The van der Waals surface area contributed by atoms with Crippen LogP contribution in [0.25, 0.3) is 0 Å². The summed E-state index contributed by atoms with van der Waals surface area (Å²) in [6, 6.07) is 4.33. The van der Waals surface area contributed by atoms with E-state index in [9.17, 15) is 0 Å². The van der Waals surface area contributed by atoms with Crippen LogP contribution in [-0.2, 0) is 11.3 Å². The topological polar surface area (TPSA) is 43.4 Å². The molecular formula is C17H28N2O2. The van der Waals surface area contributed by atoms with Gasteiger partial charge in [0.1, 0.15) is 0 Å². The third-order valence-electron chi connectivity index (χ3n) is 3.81. The lowest BCUT2D eigenvalue weighted by molar-refractivity contribution is -0.0699. The molecule has 4 heteroatoms. The molecule has 0 amide bonds. The Kier molecular flexibility index (Phi) is 4.59. The van der Waals surface area contributed by atoms with E-state index in [1.807, 2.05) is 19.9 Å². The fraction of sp³-hybridized carbons (Fsp3) is 0.706. The van der Waals surface area contributed by atoms with Gasteiger partial charge in [-0.25, -0.2) is 4.98 Å². The number of nitrogens with zero attached hydrogens (tertiary/aromatic N) is 1. The van der Waals surface area contributed by atoms with Crippen LogP contribution in [0.3, 0.4) is 0 Å². The first-order valence-electron chi connectivity index (χ1n) is 7.74. The highest BCUT2D eigenvalue weighted by Crippen LogP contribution is 2.37. The summed E-state index contributed by atoms with van der Waals surface area (Å²) in [5.74, 6) is 0.719. The van der Waals surface area contributed by atoms with Crippen LogP contribution in [0.15, 0.2) is 18.3 Å². The lowest BCUT2D eigenvalue weighted by atomic mass is 9.94. The fourth-order valence-electron chi connectivity index (χ4n) is 3.00. The van der Waals surface area contributed by atoms with Gasteiger partial charge in [-0.15, -0.1) is 0 Å². The van der Waals surface area contributed by atoms with Crippen molar-refractivity contribution >= 4 is 0 Å². The number of pyridine rings is 1. The van der Waals surface area contributed by atoms with Crippen molar-refractivity contribution in [2.24, 2.45) is 0 Å². The van der Waals surface area contributed by atoms with E-state index in [2.05, 4.69) is 44.1 Å². The normalized spacial score (nSPS) is 23.5. The van der Waals surface area contributed by atoms with Gasteiger partial charge in [0.2, 0.25) is 5.88 Å². The van der Waals surface area contributed by atoms with Crippen LogP contribution in [-0.4, -0.2) is 28.3 Å². The van der Waals surface area contributed by atoms with Gasteiger partial charge in [-0.05, 0) is 54.0 Å². The summed E-state index contributed by atoms with van der Waals surface area (Å²) in [5, 5.41) is 3.61. The number of aromatic nitrogens is 1. The largest absolute Gasteiger partial charge is 0.475 e. The number of nitrogens with one attached hydrogen (secondary N) is 1. The van der Waals surface area contributed by atoms with Crippen molar-refractivity contribution in [1.82, 2.24) is 10.3 Å². The molecule has 2 heterocycles. The Labute approximate surface area is 128 Å². The SMILES string of the molecule is CC(C)Oc1ncccc1CNC1CC(C)(C)OC1(C)C. The minimum absolute atomic E-state index is 0.0760. The summed E-state index contributed by atoms with van der Waals surface area (Å²) in [7, 11) is 0. The zero-order valence-electron chi connectivity index (χ0n) is 14.1. The summed E-state index contributed by atoms with van der Waals surface area (Å²) < 4.78 is 11.9. The highest BCUT2D eigenvalue weighted by atomic mass is 16.5. The Bertz CT molecular complexity index is 483. The molecule has 1 saturated heterocycles. The van der Waals surface area contributed by atoms with Crippen LogP contribution in [0.1, 0.15) is 53.5 Å². The third-order valence-corrected chi connectivity index (χ3v) is 3.81. The molecule has 1 aliphatic rings. The third kappa shape index (κ3) is 4.17. The molecule has 21 heavy (non-hydrogen) atoms. The number of ether oxygens (including phenoxy) is 2. The maximum atomic E-state index is 6.12. The zero-order valence-corrected chi connectivity index (χ0v) is 14.1. The van der Waals surface area contributed by atoms with Crippen molar-refractivity contribution in [3.63, 3.8) is 0 Å². The minimum Gasteiger partial charge on any atom is -0.475 e. The molecule has 0 bridgehead atoms. The molecule has 118 valence electrons. The standard InChI is InChI=1S/C17H28N2O2/c1-12(2)20-15-13(8-7-9-18-15)11-19-14-10-16(3,4)21-17(14,5)6/h7-9,12,14,19H,10-11H2,1-6H3. The Hall–Kier alpha value is -1.13. The number of hydrogen-bond acceptors (Lipinski definition) is 4. The van der Waals surface area contributed by atoms with Crippen LogP contribution >= 0.6 is 0 Å². The smallest absolute Gasteiger partial charge is 0.218 e. The van der Waals surface area contributed by atoms with Crippen LogP contribution in [0.5, 0.6) is 5.88 Å². The molecule has 2 rings (SSSR count). The Morgan fingerprint density at radius 1 is 1.38 bits per heavy atom. The molecule has 1 aromatic heterocycles. The van der Waals surface area contributed by atoms with E-state index in [-0.39, 0.29) is 17.3 Å². The van der Waals surface area contributed by atoms with Crippen LogP contribution in [0, 0.1) is 0 Å². The maximum absolute atomic E-state index is 6.12. The van der Waals surface area contributed by atoms with E-state index in [1.165, 1.54) is 0 Å². The molecular weight excluding hydrogens is 264 g/mol. The predicted octanol–water partition coefficient (Wildman–Crippen LogP) is 3.30. The number of hydrogen-bond donors (Lipinski definition) is 1. The van der Waals surface area contributed by atoms with Gasteiger partial charge < -0.3 is 14.8 Å². The summed E-state index contributed by atoms with van der Waals surface area (Å²) in [4.78, 5) is 4.34. The fourth-order valence-corrected chi connectivity index (χ4v) is 3.00. The van der Waals surface area contributed by atoms with Crippen LogP contribution in [0.4, 0.5) is 0 Å². The highest BCUT2D eigenvalue weighted by Gasteiger charge is 2.45. The van der Waals surface area contributed by atoms with Gasteiger partial charge in [0.25, 0.3) is 0 Å². The van der Waals surface area contributed by atoms with Gasteiger partial charge in [0, 0.05) is 24.3 Å². The predicted molar refractivity (Wildman–Crippen MR) is 84.5 cm³/mol. The zero-order chi connectivity index (χ0) is 15.7. The second-order valence-corrected chi connectivity index (χ2v) is 7.24. The van der Waals surface area contributed by atoms with E-state index in [0.717, 1.165) is 24.4 Å². The molecule has 0 radical (unpaired) electrons. The quantitative estimate of drug-likeness (QED) is 0.904. The van der Waals surface area contributed by atoms with E-state index in [4.69, 9.17) is 9.47 Å². The highest BCUT2D eigenvalue weighted by molar-refractivity contribution is 5.25. The molecule has 0 saturated carbocycles. The molecule has 1 atom stereocenters. The number of rotatable bonds is 5. The molecule has 4 nitrogen and oxygen atoms in total. The van der Waals surface area contributed by atoms with Gasteiger partial charge in [-0.2, -0.15) is 0 Å². The maximum Gasteiger partial charge on any atom is 0.218 e. The molecule has 1 N–H and O–H groups in total. The minimum atomic E-state index is -0.162. The lowest BCUT2D eigenvalue weighted by Gasteiger charge is -2.28. The molecule has 1 unspecified atom stereocenters. The average Bonchev–Trinajstić information content (AvgIpc) is 2.55. The van der Waals surface area contributed by atoms with Crippen molar-refractivity contribution in [1.29, 1.82) is 0 Å². The lowest BCUT2D eigenvalue weighted by Crippen LogP contribution is -2.43. The molecule has 0 spiro atoms. The van der Waals surface area contributed by atoms with Crippen LogP contribution < -0.4 is 10.1 Å². The summed E-state index contributed by atoms with van der Waals surface area (Å²) >= 11 is 0. The summed E-state index contributed by atoms with van der Waals surface area (Å²) in [5.41, 5.74) is 0.852. The monoisotopic (exact) mass is 292 g/mol. The first-order chi connectivity index (χ1) is 9.70. The van der Waals surface area contributed by atoms with Crippen molar-refractivity contribution in [3.05, 3.63) is 23.9 Å². The second-order valence-electron chi connectivity index (χ2n) is 7.24. The van der Waals surface area contributed by atoms with E-state index >= 15 is 0 Å². The van der Waals surface area contributed by atoms with Crippen LogP contribution in [0.2, 0.25) is 0 Å². The molecule has 1 aliphatic heterocycles. The van der Waals surface area contributed by atoms with Gasteiger partial charge in [0.15, 0.2) is 0 Å².